The second-order valence-corrected chi connectivity index (χ2v) is 7.71. The Kier molecular flexibility index (Phi) is 4.26. The highest BCUT2D eigenvalue weighted by Crippen LogP contribution is 2.36. The molecule has 3 heterocycles. The normalized spacial score (nSPS) is 11.6. The molecule has 3 aromatic heterocycles. The van der Waals surface area contributed by atoms with Crippen LogP contribution in [0.2, 0.25) is 0 Å². The molecule has 2 N–H and O–H groups in total. The maximum atomic E-state index is 13.9. The summed E-state index contributed by atoms with van der Waals surface area (Å²) in [6.07, 6.45) is 3.50. The van der Waals surface area contributed by atoms with E-state index in [4.69, 9.17) is 5.73 Å². The van der Waals surface area contributed by atoms with Gasteiger partial charge in [0.2, 0.25) is 0 Å². The summed E-state index contributed by atoms with van der Waals surface area (Å²) in [6.45, 7) is 2.91. The molecular weight excluding hydrogens is 359 g/mol. The Labute approximate surface area is 151 Å². The summed E-state index contributed by atoms with van der Waals surface area (Å²) in [5, 5.41) is 0.745. The van der Waals surface area contributed by atoms with Crippen molar-refractivity contribution in [3.05, 3.63) is 30.3 Å². The molecular formula is C16H15FN6S2. The number of halogens is 1. The van der Waals surface area contributed by atoms with Crippen LogP contribution in [0, 0.1) is 5.82 Å². The number of benzene rings is 1. The van der Waals surface area contributed by atoms with E-state index in [1.807, 2.05) is 10.6 Å². The van der Waals surface area contributed by atoms with E-state index in [2.05, 4.69) is 26.9 Å². The molecule has 128 valence electrons. The number of aromatic nitrogens is 5. The van der Waals surface area contributed by atoms with Crippen LogP contribution in [-0.2, 0) is 6.54 Å². The SMILES string of the molecule is CCCCn1c(Sc2nc3cccc(F)c3s2)nc2c(N)ncnc21. The fourth-order valence-electron chi connectivity index (χ4n) is 2.55. The summed E-state index contributed by atoms with van der Waals surface area (Å²) >= 11 is 2.72. The lowest BCUT2D eigenvalue weighted by Crippen LogP contribution is -2.01. The quantitative estimate of drug-likeness (QED) is 0.566. The Morgan fingerprint density at radius 2 is 2.16 bits per heavy atom. The lowest BCUT2D eigenvalue weighted by molar-refractivity contribution is 0.598. The topological polar surface area (TPSA) is 82.5 Å². The number of hydrogen-bond acceptors (Lipinski definition) is 7. The van der Waals surface area contributed by atoms with Crippen LogP contribution in [0.15, 0.2) is 34.0 Å². The van der Waals surface area contributed by atoms with Gasteiger partial charge in [0.05, 0.1) is 10.2 Å². The zero-order chi connectivity index (χ0) is 17.4. The van der Waals surface area contributed by atoms with Gasteiger partial charge in [-0.3, -0.25) is 0 Å². The Morgan fingerprint density at radius 1 is 1.28 bits per heavy atom. The molecule has 0 aliphatic rings. The van der Waals surface area contributed by atoms with Crippen molar-refractivity contribution < 1.29 is 4.39 Å². The third-order valence-electron chi connectivity index (χ3n) is 3.79. The van der Waals surface area contributed by atoms with Crippen LogP contribution < -0.4 is 5.73 Å². The van der Waals surface area contributed by atoms with Crippen LogP contribution in [0.3, 0.4) is 0 Å². The first-order valence-corrected chi connectivity index (χ1v) is 9.50. The molecule has 0 bridgehead atoms. The number of anilines is 1. The summed E-state index contributed by atoms with van der Waals surface area (Å²) in [7, 11) is 0. The van der Waals surface area contributed by atoms with Gasteiger partial charge in [-0.05, 0) is 30.3 Å². The minimum absolute atomic E-state index is 0.253. The van der Waals surface area contributed by atoms with E-state index in [1.165, 1.54) is 35.5 Å². The lowest BCUT2D eigenvalue weighted by Gasteiger charge is -2.05. The predicted octanol–water partition coefficient (Wildman–Crippen LogP) is 4.11. The van der Waals surface area contributed by atoms with Gasteiger partial charge in [0.1, 0.15) is 12.1 Å². The van der Waals surface area contributed by atoms with Gasteiger partial charge < -0.3 is 10.3 Å². The van der Waals surface area contributed by atoms with E-state index in [0.717, 1.165) is 34.5 Å². The van der Waals surface area contributed by atoms with Crippen molar-refractivity contribution in [2.75, 3.05) is 5.73 Å². The lowest BCUT2D eigenvalue weighted by atomic mass is 10.3. The van der Waals surface area contributed by atoms with Crippen molar-refractivity contribution in [3.63, 3.8) is 0 Å². The first kappa shape index (κ1) is 16.2. The average Bonchev–Trinajstić information content (AvgIpc) is 3.16. The van der Waals surface area contributed by atoms with Gasteiger partial charge >= 0.3 is 0 Å². The van der Waals surface area contributed by atoms with Crippen LogP contribution >= 0.6 is 23.1 Å². The van der Waals surface area contributed by atoms with Crippen molar-refractivity contribution >= 4 is 50.3 Å². The highest BCUT2D eigenvalue weighted by molar-refractivity contribution is 8.01. The van der Waals surface area contributed by atoms with Gasteiger partial charge in [-0.2, -0.15) is 0 Å². The third-order valence-corrected chi connectivity index (χ3v) is 5.92. The monoisotopic (exact) mass is 374 g/mol. The molecule has 4 rings (SSSR count). The number of aryl methyl sites for hydroxylation is 1. The number of fused-ring (bicyclic) bond motifs is 2. The Bertz CT molecular complexity index is 1060. The number of unbranched alkanes of at least 4 members (excludes halogenated alkanes) is 1. The van der Waals surface area contributed by atoms with E-state index in [1.54, 1.807) is 6.07 Å². The zero-order valence-electron chi connectivity index (χ0n) is 13.4. The van der Waals surface area contributed by atoms with Gasteiger partial charge in [-0.15, -0.1) is 11.3 Å². The highest BCUT2D eigenvalue weighted by Gasteiger charge is 2.17. The predicted molar refractivity (Wildman–Crippen MR) is 98.3 cm³/mol. The second kappa shape index (κ2) is 6.57. The van der Waals surface area contributed by atoms with Crippen LogP contribution in [0.1, 0.15) is 19.8 Å². The Morgan fingerprint density at radius 3 is 2.96 bits per heavy atom. The summed E-state index contributed by atoms with van der Waals surface area (Å²) < 4.78 is 17.2. The second-order valence-electron chi connectivity index (χ2n) is 5.50. The van der Waals surface area contributed by atoms with Crippen LogP contribution in [0.5, 0.6) is 0 Å². The summed E-state index contributed by atoms with van der Waals surface area (Å²) in [4.78, 5) is 17.5. The van der Waals surface area contributed by atoms with Gasteiger partial charge in [0.15, 0.2) is 26.5 Å². The summed E-state index contributed by atoms with van der Waals surface area (Å²) in [5.74, 6) is 0.105. The fourth-order valence-corrected chi connectivity index (χ4v) is 4.61. The summed E-state index contributed by atoms with van der Waals surface area (Å²) in [6, 6.07) is 4.92. The maximum absolute atomic E-state index is 13.9. The van der Waals surface area contributed by atoms with Crippen molar-refractivity contribution in [1.82, 2.24) is 24.5 Å². The molecule has 0 aliphatic carbocycles. The average molecular weight is 374 g/mol. The highest BCUT2D eigenvalue weighted by atomic mass is 32.2. The smallest absolute Gasteiger partial charge is 0.177 e. The number of thiazole rings is 1. The van der Waals surface area contributed by atoms with Crippen molar-refractivity contribution in [1.29, 1.82) is 0 Å². The van der Waals surface area contributed by atoms with Crippen molar-refractivity contribution in [2.24, 2.45) is 0 Å². The largest absolute Gasteiger partial charge is 0.382 e. The molecule has 0 fully saturated rings. The van der Waals surface area contributed by atoms with E-state index < -0.39 is 0 Å². The molecule has 0 spiro atoms. The molecule has 4 aromatic rings. The first-order chi connectivity index (χ1) is 12.2. The zero-order valence-corrected chi connectivity index (χ0v) is 15.1. The number of nitrogens with two attached hydrogens (primary N) is 1. The van der Waals surface area contributed by atoms with Gasteiger partial charge in [0, 0.05) is 6.54 Å². The molecule has 6 nitrogen and oxygen atoms in total. The number of nitrogen functional groups attached to an aromatic ring is 1. The van der Waals surface area contributed by atoms with Gasteiger partial charge in [0.25, 0.3) is 0 Å². The minimum atomic E-state index is -0.253. The standard InChI is InChI=1S/C16H15FN6S2/c1-2-3-7-23-14-11(13(18)19-8-20-14)22-15(23)25-16-21-10-6-4-5-9(17)12(10)24-16/h4-6,8H,2-3,7H2,1H3,(H2,18,19,20). The molecule has 0 radical (unpaired) electrons. The van der Waals surface area contributed by atoms with Gasteiger partial charge in [-0.25, -0.2) is 24.3 Å². The Hall–Kier alpha value is -2.26. The number of imidazole rings is 1. The molecule has 9 heteroatoms. The summed E-state index contributed by atoms with van der Waals surface area (Å²) in [5.41, 5.74) is 7.91. The van der Waals surface area contributed by atoms with E-state index >= 15 is 0 Å². The fraction of sp³-hybridized carbons (Fsp3) is 0.250. The molecule has 0 saturated carbocycles. The van der Waals surface area contributed by atoms with Crippen LogP contribution in [-0.4, -0.2) is 24.5 Å². The molecule has 0 unspecified atom stereocenters. The minimum Gasteiger partial charge on any atom is -0.382 e. The molecule has 25 heavy (non-hydrogen) atoms. The first-order valence-electron chi connectivity index (χ1n) is 7.87. The molecule has 0 atom stereocenters. The number of nitrogens with zero attached hydrogens (tertiary/aromatic N) is 5. The number of hydrogen-bond donors (Lipinski definition) is 1. The van der Waals surface area contributed by atoms with E-state index in [9.17, 15) is 4.39 Å². The molecule has 0 amide bonds. The molecule has 0 aliphatic heterocycles. The van der Waals surface area contributed by atoms with Crippen LogP contribution in [0.4, 0.5) is 10.2 Å². The third kappa shape index (κ3) is 2.93. The van der Waals surface area contributed by atoms with Crippen molar-refractivity contribution in [3.8, 4) is 0 Å². The van der Waals surface area contributed by atoms with Crippen molar-refractivity contribution in [2.45, 2.75) is 35.8 Å². The maximum Gasteiger partial charge on any atom is 0.177 e. The van der Waals surface area contributed by atoms with E-state index in [0.29, 0.717) is 21.6 Å². The van der Waals surface area contributed by atoms with Crippen LogP contribution in [0.25, 0.3) is 21.4 Å². The number of rotatable bonds is 5. The molecule has 1 aromatic carbocycles. The molecule has 0 saturated heterocycles. The van der Waals surface area contributed by atoms with E-state index in [-0.39, 0.29) is 5.82 Å². The van der Waals surface area contributed by atoms with Gasteiger partial charge in [-0.1, -0.05) is 19.4 Å². The Balaban J connectivity index is 1.79.